The molecule has 5 nitrogen and oxygen atoms in total. The third-order valence-corrected chi connectivity index (χ3v) is 3.63. The van der Waals surface area contributed by atoms with Gasteiger partial charge in [0.1, 0.15) is 5.75 Å². The van der Waals surface area contributed by atoms with Crippen LogP contribution in [-0.4, -0.2) is 30.6 Å². The molecule has 1 aromatic carbocycles. The Hall–Kier alpha value is -2.56. The minimum atomic E-state index is -0.128. The number of aryl methyl sites for hydroxylation is 3. The van der Waals surface area contributed by atoms with Crippen molar-refractivity contribution in [1.29, 1.82) is 0 Å². The Balaban J connectivity index is 1.67. The summed E-state index contributed by atoms with van der Waals surface area (Å²) in [5.74, 6) is 0.588. The normalized spacial score (nSPS) is 10.2. The Bertz CT molecular complexity index is 671. The average Bonchev–Trinajstić information content (AvgIpc) is 2.54. The van der Waals surface area contributed by atoms with Gasteiger partial charge in [-0.3, -0.25) is 9.78 Å². The number of carbonyl (C=O) groups is 1. The lowest BCUT2D eigenvalue weighted by Crippen LogP contribution is -2.32. The van der Waals surface area contributed by atoms with E-state index in [1.54, 1.807) is 12.4 Å². The number of nitrogens with zero attached hydrogens (tertiary/aromatic N) is 1. The van der Waals surface area contributed by atoms with E-state index in [4.69, 9.17) is 4.74 Å². The van der Waals surface area contributed by atoms with Crippen LogP contribution in [0.4, 0.5) is 5.69 Å². The summed E-state index contributed by atoms with van der Waals surface area (Å²) in [6, 6.07) is 7.73. The molecule has 0 aliphatic carbocycles. The van der Waals surface area contributed by atoms with Crippen molar-refractivity contribution in [3.63, 3.8) is 0 Å². The van der Waals surface area contributed by atoms with Crippen molar-refractivity contribution in [2.45, 2.75) is 20.8 Å². The molecule has 0 fully saturated rings. The molecule has 0 aliphatic rings. The van der Waals surface area contributed by atoms with E-state index in [0.29, 0.717) is 18.8 Å². The fraction of sp³-hybridized carbons (Fsp3) is 0.333. The molecule has 1 heterocycles. The van der Waals surface area contributed by atoms with Gasteiger partial charge < -0.3 is 15.4 Å². The number of pyridine rings is 1. The van der Waals surface area contributed by atoms with Crippen LogP contribution in [0.15, 0.2) is 36.7 Å². The van der Waals surface area contributed by atoms with Crippen LogP contribution in [0.5, 0.6) is 5.75 Å². The summed E-state index contributed by atoms with van der Waals surface area (Å²) in [5, 5.41) is 6.09. The average molecular weight is 313 g/mol. The first-order valence-corrected chi connectivity index (χ1v) is 7.67. The van der Waals surface area contributed by atoms with Crippen molar-refractivity contribution in [1.82, 2.24) is 10.3 Å². The quantitative estimate of drug-likeness (QED) is 0.771. The molecular weight excluding hydrogens is 290 g/mol. The Morgan fingerprint density at radius 3 is 2.65 bits per heavy atom. The number of hydrogen-bond acceptors (Lipinski definition) is 4. The van der Waals surface area contributed by atoms with Crippen LogP contribution in [-0.2, 0) is 4.79 Å². The molecule has 0 unspecified atom stereocenters. The lowest BCUT2D eigenvalue weighted by Gasteiger charge is -2.11. The van der Waals surface area contributed by atoms with Gasteiger partial charge in [-0.1, -0.05) is 6.07 Å². The standard InChI is InChI=1S/C18H23N3O2/c1-13-4-5-16(10-14(13)2)23-12-18(22)21-9-8-20-17-6-7-19-11-15(17)3/h4-7,10-11H,8-9,12H2,1-3H3,(H,19,20)(H,21,22). The Kier molecular flexibility index (Phi) is 5.97. The predicted molar refractivity (Wildman–Crippen MR) is 91.9 cm³/mol. The SMILES string of the molecule is Cc1ccc(OCC(=O)NCCNc2ccncc2C)cc1C. The second kappa shape index (κ2) is 8.17. The highest BCUT2D eigenvalue weighted by Gasteiger charge is 2.03. The number of rotatable bonds is 7. The molecule has 122 valence electrons. The van der Waals surface area contributed by atoms with Crippen molar-refractivity contribution >= 4 is 11.6 Å². The monoisotopic (exact) mass is 313 g/mol. The molecular formula is C18H23N3O2. The molecule has 2 aromatic rings. The molecule has 0 spiro atoms. The number of hydrogen-bond donors (Lipinski definition) is 2. The van der Waals surface area contributed by atoms with E-state index in [-0.39, 0.29) is 12.5 Å². The number of benzene rings is 1. The number of aromatic nitrogens is 1. The van der Waals surface area contributed by atoms with Crippen molar-refractivity contribution in [2.75, 3.05) is 25.0 Å². The number of anilines is 1. The Labute approximate surface area is 137 Å². The van der Waals surface area contributed by atoms with Crippen LogP contribution >= 0.6 is 0 Å². The first kappa shape index (κ1) is 16.8. The molecule has 5 heteroatoms. The third-order valence-electron chi connectivity index (χ3n) is 3.63. The van der Waals surface area contributed by atoms with Crippen LogP contribution in [0.3, 0.4) is 0 Å². The van der Waals surface area contributed by atoms with Gasteiger partial charge in [0, 0.05) is 31.2 Å². The van der Waals surface area contributed by atoms with Crippen molar-refractivity contribution in [2.24, 2.45) is 0 Å². The van der Waals surface area contributed by atoms with Crippen LogP contribution < -0.4 is 15.4 Å². The Morgan fingerprint density at radius 1 is 1.09 bits per heavy atom. The van der Waals surface area contributed by atoms with Gasteiger partial charge in [-0.25, -0.2) is 0 Å². The van der Waals surface area contributed by atoms with Gasteiger partial charge in [-0.2, -0.15) is 0 Å². The molecule has 0 aliphatic heterocycles. The molecule has 0 bridgehead atoms. The van der Waals surface area contributed by atoms with Crippen LogP contribution in [0, 0.1) is 20.8 Å². The smallest absolute Gasteiger partial charge is 0.258 e. The molecule has 2 rings (SSSR count). The van der Waals surface area contributed by atoms with E-state index in [1.807, 2.05) is 45.0 Å². The maximum atomic E-state index is 11.8. The minimum absolute atomic E-state index is 0.0246. The van der Waals surface area contributed by atoms with E-state index in [9.17, 15) is 4.79 Å². The highest BCUT2D eigenvalue weighted by molar-refractivity contribution is 5.77. The molecule has 0 atom stereocenters. The van der Waals surface area contributed by atoms with Gasteiger partial charge in [0.2, 0.25) is 0 Å². The second-order valence-electron chi connectivity index (χ2n) is 5.50. The molecule has 0 radical (unpaired) electrons. The predicted octanol–water partition coefficient (Wildman–Crippen LogP) is 2.61. The number of ether oxygens (including phenoxy) is 1. The molecule has 0 saturated heterocycles. The summed E-state index contributed by atoms with van der Waals surface area (Å²) < 4.78 is 5.50. The molecule has 1 amide bonds. The summed E-state index contributed by atoms with van der Waals surface area (Å²) >= 11 is 0. The van der Waals surface area contributed by atoms with Crippen LogP contribution in [0.1, 0.15) is 16.7 Å². The van der Waals surface area contributed by atoms with Gasteiger partial charge in [0.15, 0.2) is 6.61 Å². The van der Waals surface area contributed by atoms with Gasteiger partial charge in [0.25, 0.3) is 5.91 Å². The van der Waals surface area contributed by atoms with Gasteiger partial charge in [0.05, 0.1) is 0 Å². The lowest BCUT2D eigenvalue weighted by molar-refractivity contribution is -0.123. The van der Waals surface area contributed by atoms with Gasteiger partial charge in [-0.15, -0.1) is 0 Å². The van der Waals surface area contributed by atoms with Crippen molar-refractivity contribution in [3.8, 4) is 5.75 Å². The molecule has 23 heavy (non-hydrogen) atoms. The first-order valence-electron chi connectivity index (χ1n) is 7.67. The topological polar surface area (TPSA) is 63.2 Å². The first-order chi connectivity index (χ1) is 11.1. The summed E-state index contributed by atoms with van der Waals surface area (Å²) in [4.78, 5) is 15.8. The third kappa shape index (κ3) is 5.29. The summed E-state index contributed by atoms with van der Waals surface area (Å²) in [6.45, 7) is 7.28. The van der Waals surface area contributed by atoms with E-state index in [2.05, 4.69) is 15.6 Å². The zero-order valence-corrected chi connectivity index (χ0v) is 13.8. The van der Waals surface area contributed by atoms with Crippen LogP contribution in [0.2, 0.25) is 0 Å². The molecule has 0 saturated carbocycles. The van der Waals surface area contributed by atoms with E-state index >= 15 is 0 Å². The minimum Gasteiger partial charge on any atom is -0.484 e. The maximum Gasteiger partial charge on any atom is 0.258 e. The van der Waals surface area contributed by atoms with Crippen molar-refractivity contribution in [3.05, 3.63) is 53.3 Å². The molecule has 2 N–H and O–H groups in total. The van der Waals surface area contributed by atoms with Gasteiger partial charge >= 0.3 is 0 Å². The number of nitrogens with one attached hydrogen (secondary N) is 2. The summed E-state index contributed by atoms with van der Waals surface area (Å²) in [7, 11) is 0. The highest BCUT2D eigenvalue weighted by Crippen LogP contribution is 2.16. The largest absolute Gasteiger partial charge is 0.484 e. The zero-order chi connectivity index (χ0) is 16.7. The summed E-state index contributed by atoms with van der Waals surface area (Å²) in [6.07, 6.45) is 3.55. The van der Waals surface area contributed by atoms with E-state index in [1.165, 1.54) is 5.56 Å². The van der Waals surface area contributed by atoms with E-state index < -0.39 is 0 Å². The number of carbonyl (C=O) groups excluding carboxylic acids is 1. The maximum absolute atomic E-state index is 11.8. The Morgan fingerprint density at radius 2 is 1.91 bits per heavy atom. The fourth-order valence-electron chi connectivity index (χ4n) is 2.07. The molecule has 1 aromatic heterocycles. The summed E-state index contributed by atoms with van der Waals surface area (Å²) in [5.41, 5.74) is 4.47. The number of amides is 1. The van der Waals surface area contributed by atoms with Crippen molar-refractivity contribution < 1.29 is 9.53 Å². The van der Waals surface area contributed by atoms with Crippen LogP contribution in [0.25, 0.3) is 0 Å². The van der Waals surface area contributed by atoms with Gasteiger partial charge in [-0.05, 0) is 55.7 Å². The fourth-order valence-corrected chi connectivity index (χ4v) is 2.07. The van der Waals surface area contributed by atoms with E-state index in [0.717, 1.165) is 16.8 Å². The lowest BCUT2D eigenvalue weighted by atomic mass is 10.1. The highest BCUT2D eigenvalue weighted by atomic mass is 16.5. The zero-order valence-electron chi connectivity index (χ0n) is 13.8. The second-order valence-corrected chi connectivity index (χ2v) is 5.50.